The molecule has 0 radical (unpaired) electrons. The molecule has 5 heteroatoms. The highest BCUT2D eigenvalue weighted by molar-refractivity contribution is 4.64. The van der Waals surface area contributed by atoms with Crippen molar-refractivity contribution in [1.82, 2.24) is 0 Å². The smallest absolute Gasteiger partial charge is 0.353 e. The maximum Gasteiger partial charge on any atom is 0.414 e. The Morgan fingerprint density at radius 3 is 2.58 bits per heavy atom. The Kier molecular flexibility index (Phi) is 2.95. The molecule has 2 nitrogen and oxygen atoms in total. The molecule has 0 aromatic heterocycles. The largest absolute Gasteiger partial charge is 0.414 e. The summed E-state index contributed by atoms with van der Waals surface area (Å²) in [6, 6.07) is 0. The molecule has 0 spiro atoms. The Balaban J connectivity index is 2.30. The lowest BCUT2D eigenvalue weighted by molar-refractivity contribution is -0.257. The van der Waals surface area contributed by atoms with E-state index in [0.717, 1.165) is 13.3 Å². The SMILES string of the molecule is CC(OC1CCCO1)C(F)(F)F. The van der Waals surface area contributed by atoms with Crippen molar-refractivity contribution < 1.29 is 22.6 Å². The molecule has 1 fully saturated rings. The van der Waals surface area contributed by atoms with E-state index in [-0.39, 0.29) is 0 Å². The molecule has 0 aromatic carbocycles. The molecule has 1 aliphatic rings. The fourth-order valence-electron chi connectivity index (χ4n) is 0.960. The van der Waals surface area contributed by atoms with Crippen LogP contribution in [0.3, 0.4) is 0 Å². The summed E-state index contributed by atoms with van der Waals surface area (Å²) < 4.78 is 45.3. The summed E-state index contributed by atoms with van der Waals surface area (Å²) in [7, 11) is 0. The standard InChI is InChI=1S/C7H11F3O2/c1-5(7(8,9)10)12-6-3-2-4-11-6/h5-6H,2-4H2,1H3. The highest BCUT2D eigenvalue weighted by atomic mass is 19.4. The molecular formula is C7H11F3O2. The molecular weight excluding hydrogens is 173 g/mol. The molecule has 1 heterocycles. The molecule has 1 saturated heterocycles. The average Bonchev–Trinajstić information content (AvgIpc) is 2.37. The summed E-state index contributed by atoms with van der Waals surface area (Å²) >= 11 is 0. The van der Waals surface area contributed by atoms with Crippen LogP contribution in [-0.4, -0.2) is 25.2 Å². The molecule has 0 bridgehead atoms. The minimum absolute atomic E-state index is 0.495. The molecule has 2 atom stereocenters. The molecule has 0 amide bonds. The normalized spacial score (nSPS) is 27.5. The van der Waals surface area contributed by atoms with Gasteiger partial charge in [-0.05, 0) is 13.3 Å². The second kappa shape index (κ2) is 3.62. The molecule has 2 unspecified atom stereocenters. The lowest BCUT2D eigenvalue weighted by Crippen LogP contribution is -2.32. The van der Waals surface area contributed by atoms with Crippen LogP contribution in [-0.2, 0) is 9.47 Å². The third kappa shape index (κ3) is 2.64. The van der Waals surface area contributed by atoms with Crippen LogP contribution in [0.4, 0.5) is 13.2 Å². The van der Waals surface area contributed by atoms with Crippen LogP contribution in [0.5, 0.6) is 0 Å². The molecule has 0 saturated carbocycles. The zero-order valence-corrected chi connectivity index (χ0v) is 6.73. The average molecular weight is 184 g/mol. The van der Waals surface area contributed by atoms with Crippen molar-refractivity contribution in [3.8, 4) is 0 Å². The fourth-order valence-corrected chi connectivity index (χ4v) is 0.960. The molecule has 1 rings (SSSR count). The van der Waals surface area contributed by atoms with Crippen LogP contribution < -0.4 is 0 Å². The zero-order chi connectivity index (χ0) is 9.19. The van der Waals surface area contributed by atoms with Crippen LogP contribution in [0, 0.1) is 0 Å². The van der Waals surface area contributed by atoms with Crippen molar-refractivity contribution in [3.63, 3.8) is 0 Å². The van der Waals surface area contributed by atoms with E-state index in [1.807, 2.05) is 0 Å². The fraction of sp³-hybridized carbons (Fsp3) is 1.00. The summed E-state index contributed by atoms with van der Waals surface area (Å²) in [5.74, 6) is 0. The van der Waals surface area contributed by atoms with Gasteiger partial charge in [-0.25, -0.2) is 0 Å². The van der Waals surface area contributed by atoms with Crippen molar-refractivity contribution in [2.45, 2.75) is 38.3 Å². The van der Waals surface area contributed by atoms with Crippen molar-refractivity contribution in [2.24, 2.45) is 0 Å². The van der Waals surface area contributed by atoms with E-state index in [2.05, 4.69) is 4.74 Å². The first-order valence-corrected chi connectivity index (χ1v) is 3.84. The van der Waals surface area contributed by atoms with Crippen molar-refractivity contribution in [2.75, 3.05) is 6.61 Å². The number of rotatable bonds is 2. The van der Waals surface area contributed by atoms with Gasteiger partial charge in [-0.15, -0.1) is 0 Å². The number of hydrogen-bond donors (Lipinski definition) is 0. The lowest BCUT2D eigenvalue weighted by Gasteiger charge is -2.19. The molecule has 72 valence electrons. The monoisotopic (exact) mass is 184 g/mol. The quantitative estimate of drug-likeness (QED) is 0.654. The second-order valence-electron chi connectivity index (χ2n) is 2.76. The van der Waals surface area contributed by atoms with Gasteiger partial charge < -0.3 is 9.47 Å². The number of hydrogen-bond acceptors (Lipinski definition) is 2. The van der Waals surface area contributed by atoms with Crippen LogP contribution >= 0.6 is 0 Å². The number of halogens is 3. The van der Waals surface area contributed by atoms with E-state index in [4.69, 9.17) is 4.74 Å². The summed E-state index contributed by atoms with van der Waals surface area (Å²) in [4.78, 5) is 0. The van der Waals surface area contributed by atoms with Gasteiger partial charge in [0.25, 0.3) is 0 Å². The third-order valence-corrected chi connectivity index (χ3v) is 1.70. The Morgan fingerprint density at radius 2 is 2.17 bits per heavy atom. The first kappa shape index (κ1) is 9.80. The molecule has 0 aromatic rings. The summed E-state index contributed by atoms with van der Waals surface area (Å²) in [6.45, 7) is 1.48. The van der Waals surface area contributed by atoms with Crippen LogP contribution in [0.2, 0.25) is 0 Å². The predicted molar refractivity (Wildman–Crippen MR) is 35.6 cm³/mol. The van der Waals surface area contributed by atoms with E-state index in [1.54, 1.807) is 0 Å². The number of alkyl halides is 3. The van der Waals surface area contributed by atoms with Gasteiger partial charge in [0.05, 0.1) is 0 Å². The highest BCUT2D eigenvalue weighted by Crippen LogP contribution is 2.25. The third-order valence-electron chi connectivity index (χ3n) is 1.70. The summed E-state index contributed by atoms with van der Waals surface area (Å²) in [6.07, 6.45) is -5.36. The van der Waals surface area contributed by atoms with E-state index in [1.165, 1.54) is 0 Å². The highest BCUT2D eigenvalue weighted by Gasteiger charge is 2.39. The van der Waals surface area contributed by atoms with Gasteiger partial charge in [0.2, 0.25) is 0 Å². The summed E-state index contributed by atoms with van der Waals surface area (Å²) in [5.41, 5.74) is 0. The number of ether oxygens (including phenoxy) is 2. The van der Waals surface area contributed by atoms with E-state index in [9.17, 15) is 13.2 Å². The molecule has 0 aliphatic carbocycles. The van der Waals surface area contributed by atoms with Gasteiger partial charge in [0.15, 0.2) is 12.4 Å². The minimum atomic E-state index is -4.29. The van der Waals surface area contributed by atoms with Crippen molar-refractivity contribution in [3.05, 3.63) is 0 Å². The van der Waals surface area contributed by atoms with Gasteiger partial charge in [-0.3, -0.25) is 0 Å². The van der Waals surface area contributed by atoms with Gasteiger partial charge in [-0.1, -0.05) is 0 Å². The zero-order valence-electron chi connectivity index (χ0n) is 6.73. The Morgan fingerprint density at radius 1 is 1.50 bits per heavy atom. The van der Waals surface area contributed by atoms with Gasteiger partial charge in [-0.2, -0.15) is 13.2 Å². The van der Waals surface area contributed by atoms with Crippen LogP contribution in [0.15, 0.2) is 0 Å². The topological polar surface area (TPSA) is 18.5 Å². The Bertz CT molecular complexity index is 140. The minimum Gasteiger partial charge on any atom is -0.353 e. The van der Waals surface area contributed by atoms with Crippen molar-refractivity contribution in [1.29, 1.82) is 0 Å². The maximum absolute atomic E-state index is 11.9. The molecule has 0 N–H and O–H groups in total. The molecule has 12 heavy (non-hydrogen) atoms. The van der Waals surface area contributed by atoms with Gasteiger partial charge >= 0.3 is 6.18 Å². The lowest BCUT2D eigenvalue weighted by atomic mass is 10.3. The Labute approximate surface area is 68.6 Å². The van der Waals surface area contributed by atoms with Gasteiger partial charge in [0, 0.05) is 13.0 Å². The second-order valence-corrected chi connectivity index (χ2v) is 2.76. The van der Waals surface area contributed by atoms with E-state index >= 15 is 0 Å². The predicted octanol–water partition coefficient (Wildman–Crippen LogP) is 2.09. The van der Waals surface area contributed by atoms with Crippen LogP contribution in [0.25, 0.3) is 0 Å². The van der Waals surface area contributed by atoms with E-state index in [0.29, 0.717) is 13.0 Å². The van der Waals surface area contributed by atoms with Crippen LogP contribution in [0.1, 0.15) is 19.8 Å². The first-order valence-electron chi connectivity index (χ1n) is 3.84. The van der Waals surface area contributed by atoms with E-state index < -0.39 is 18.6 Å². The summed E-state index contributed by atoms with van der Waals surface area (Å²) in [5, 5.41) is 0. The molecule has 1 aliphatic heterocycles. The van der Waals surface area contributed by atoms with Crippen molar-refractivity contribution >= 4 is 0 Å². The maximum atomic E-state index is 11.9. The van der Waals surface area contributed by atoms with Gasteiger partial charge in [0.1, 0.15) is 0 Å². The first-order chi connectivity index (χ1) is 5.50. The Hall–Kier alpha value is -0.290.